The van der Waals surface area contributed by atoms with E-state index in [2.05, 4.69) is 27.3 Å². The SMILES string of the molecule is COc1cccc(CN2CCCC(c3nc(Nc4ccccc4)c(C=N)c(=O)[nH]3)C2)c1. The van der Waals surface area contributed by atoms with Crippen LogP contribution in [-0.2, 0) is 6.54 Å². The third-order valence-corrected chi connectivity index (χ3v) is 5.59. The molecule has 3 aromatic rings. The van der Waals surface area contributed by atoms with Crippen molar-refractivity contribution in [3.8, 4) is 5.75 Å². The number of aromatic nitrogens is 2. The first kappa shape index (κ1) is 20.8. The number of nitrogens with zero attached hydrogens (tertiary/aromatic N) is 2. The summed E-state index contributed by atoms with van der Waals surface area (Å²) >= 11 is 0. The Hall–Kier alpha value is -3.45. The van der Waals surface area contributed by atoms with Crippen LogP contribution in [-0.4, -0.2) is 41.3 Å². The fourth-order valence-corrected chi connectivity index (χ4v) is 4.03. The van der Waals surface area contributed by atoms with Gasteiger partial charge in [-0.3, -0.25) is 9.69 Å². The lowest BCUT2D eigenvalue weighted by molar-refractivity contribution is 0.196. The van der Waals surface area contributed by atoms with Crippen molar-refractivity contribution in [3.63, 3.8) is 0 Å². The molecular weight excluding hydrogens is 390 g/mol. The number of para-hydroxylation sites is 1. The smallest absolute Gasteiger partial charge is 0.261 e. The second-order valence-electron chi connectivity index (χ2n) is 7.77. The molecule has 2 aromatic carbocycles. The van der Waals surface area contributed by atoms with E-state index in [9.17, 15) is 4.79 Å². The quantitative estimate of drug-likeness (QED) is 0.507. The maximum Gasteiger partial charge on any atom is 0.261 e. The molecule has 1 atom stereocenters. The van der Waals surface area contributed by atoms with Crippen molar-refractivity contribution < 1.29 is 4.74 Å². The van der Waals surface area contributed by atoms with Gasteiger partial charge in [-0.25, -0.2) is 4.98 Å². The van der Waals surface area contributed by atoms with Crippen molar-refractivity contribution in [3.05, 3.63) is 81.9 Å². The van der Waals surface area contributed by atoms with E-state index in [1.165, 1.54) is 5.56 Å². The molecule has 0 saturated carbocycles. The molecule has 1 unspecified atom stereocenters. The van der Waals surface area contributed by atoms with Gasteiger partial charge in [0.05, 0.1) is 12.7 Å². The standard InChI is InChI=1S/C24H27N5O2/c1-31-20-11-5-7-17(13-20)15-29-12-6-8-18(16-29)22-27-23(21(14-25)24(30)28-22)26-19-9-3-2-4-10-19/h2-5,7,9-11,13-14,18,25H,6,8,12,15-16H2,1H3,(H2,26,27,28,30). The van der Waals surface area contributed by atoms with Crippen molar-refractivity contribution in [2.45, 2.75) is 25.3 Å². The molecule has 0 radical (unpaired) electrons. The van der Waals surface area contributed by atoms with E-state index in [0.29, 0.717) is 11.6 Å². The largest absolute Gasteiger partial charge is 0.497 e. The molecule has 31 heavy (non-hydrogen) atoms. The van der Waals surface area contributed by atoms with Crippen molar-refractivity contribution in [2.75, 3.05) is 25.5 Å². The van der Waals surface area contributed by atoms with E-state index < -0.39 is 0 Å². The molecule has 7 heteroatoms. The predicted octanol–water partition coefficient (Wildman–Crippen LogP) is 3.90. The fourth-order valence-electron chi connectivity index (χ4n) is 4.03. The van der Waals surface area contributed by atoms with Gasteiger partial charge < -0.3 is 20.4 Å². The van der Waals surface area contributed by atoms with E-state index in [0.717, 1.165) is 50.1 Å². The van der Waals surface area contributed by atoms with Crippen LogP contribution in [0.5, 0.6) is 5.75 Å². The Morgan fingerprint density at radius 1 is 1.26 bits per heavy atom. The highest BCUT2D eigenvalue weighted by atomic mass is 16.5. The summed E-state index contributed by atoms with van der Waals surface area (Å²) in [6.45, 7) is 2.64. The molecule has 7 nitrogen and oxygen atoms in total. The lowest BCUT2D eigenvalue weighted by atomic mass is 9.96. The zero-order valence-electron chi connectivity index (χ0n) is 17.6. The zero-order valence-corrected chi connectivity index (χ0v) is 17.6. The Labute approximate surface area is 181 Å². The molecular formula is C24H27N5O2. The maximum atomic E-state index is 12.7. The van der Waals surface area contributed by atoms with Gasteiger partial charge in [-0.05, 0) is 49.2 Å². The minimum absolute atomic E-state index is 0.128. The predicted molar refractivity (Wildman–Crippen MR) is 123 cm³/mol. The minimum atomic E-state index is -0.289. The van der Waals surface area contributed by atoms with Crippen molar-refractivity contribution in [2.24, 2.45) is 0 Å². The molecule has 4 rings (SSSR count). The van der Waals surface area contributed by atoms with Gasteiger partial charge in [0.1, 0.15) is 17.4 Å². The van der Waals surface area contributed by atoms with Gasteiger partial charge in [-0.1, -0.05) is 30.3 Å². The lowest BCUT2D eigenvalue weighted by Crippen LogP contribution is -2.35. The molecule has 3 N–H and O–H groups in total. The first-order valence-corrected chi connectivity index (χ1v) is 10.5. The molecule has 0 bridgehead atoms. The van der Waals surface area contributed by atoms with Crippen LogP contribution in [0, 0.1) is 5.41 Å². The number of piperidine rings is 1. The molecule has 1 saturated heterocycles. The highest BCUT2D eigenvalue weighted by Gasteiger charge is 2.24. The Morgan fingerprint density at radius 2 is 2.10 bits per heavy atom. The summed E-state index contributed by atoms with van der Waals surface area (Å²) < 4.78 is 5.34. The van der Waals surface area contributed by atoms with Crippen LogP contribution in [0.25, 0.3) is 0 Å². The van der Waals surface area contributed by atoms with Gasteiger partial charge in [0.15, 0.2) is 0 Å². The van der Waals surface area contributed by atoms with Gasteiger partial charge in [-0.2, -0.15) is 0 Å². The number of benzene rings is 2. The van der Waals surface area contributed by atoms with E-state index in [1.54, 1.807) is 7.11 Å². The average Bonchev–Trinajstić information content (AvgIpc) is 2.80. The molecule has 1 aliphatic rings. The number of hydrogen-bond acceptors (Lipinski definition) is 6. The Balaban J connectivity index is 1.55. The molecule has 0 aliphatic carbocycles. The highest BCUT2D eigenvalue weighted by molar-refractivity contribution is 5.85. The first-order valence-electron chi connectivity index (χ1n) is 10.5. The summed E-state index contributed by atoms with van der Waals surface area (Å²) in [5.41, 5.74) is 1.98. The fraction of sp³-hybridized carbons (Fsp3) is 0.292. The first-order chi connectivity index (χ1) is 15.2. The van der Waals surface area contributed by atoms with E-state index in [-0.39, 0.29) is 17.0 Å². The third kappa shape index (κ3) is 5.00. The Kier molecular flexibility index (Phi) is 6.43. The third-order valence-electron chi connectivity index (χ3n) is 5.59. The van der Waals surface area contributed by atoms with Crippen LogP contribution in [0.4, 0.5) is 11.5 Å². The molecule has 0 spiro atoms. The molecule has 1 aromatic heterocycles. The molecule has 1 fully saturated rings. The van der Waals surface area contributed by atoms with Gasteiger partial charge in [0.25, 0.3) is 5.56 Å². The van der Waals surface area contributed by atoms with Crippen LogP contribution in [0.15, 0.2) is 59.4 Å². The number of anilines is 2. The topological polar surface area (TPSA) is 94.1 Å². The summed E-state index contributed by atoms with van der Waals surface area (Å²) in [6.07, 6.45) is 3.05. The van der Waals surface area contributed by atoms with E-state index in [1.807, 2.05) is 42.5 Å². The highest BCUT2D eigenvalue weighted by Crippen LogP contribution is 2.27. The van der Waals surface area contributed by atoms with Crippen molar-refractivity contribution >= 4 is 17.7 Å². The maximum absolute atomic E-state index is 12.7. The summed E-state index contributed by atoms with van der Waals surface area (Å²) in [4.78, 5) is 22.7. The number of methoxy groups -OCH3 is 1. The van der Waals surface area contributed by atoms with E-state index >= 15 is 0 Å². The van der Waals surface area contributed by atoms with Crippen molar-refractivity contribution in [1.82, 2.24) is 14.9 Å². The second kappa shape index (κ2) is 9.57. The van der Waals surface area contributed by atoms with Gasteiger partial charge in [0, 0.05) is 30.9 Å². The van der Waals surface area contributed by atoms with Gasteiger partial charge in [-0.15, -0.1) is 0 Å². The number of H-pyrrole nitrogens is 1. The summed E-state index contributed by atoms with van der Waals surface area (Å²) in [6, 6.07) is 17.7. The summed E-state index contributed by atoms with van der Waals surface area (Å²) in [5, 5.41) is 10.9. The van der Waals surface area contributed by atoms with Crippen LogP contribution >= 0.6 is 0 Å². The monoisotopic (exact) mass is 417 g/mol. The number of aromatic amines is 1. The Morgan fingerprint density at radius 3 is 2.87 bits per heavy atom. The number of likely N-dealkylation sites (tertiary alicyclic amines) is 1. The van der Waals surface area contributed by atoms with Crippen LogP contribution in [0.3, 0.4) is 0 Å². The number of ether oxygens (including phenoxy) is 1. The van der Waals surface area contributed by atoms with Crippen LogP contribution in [0.1, 0.15) is 35.7 Å². The van der Waals surface area contributed by atoms with E-state index in [4.69, 9.17) is 15.1 Å². The van der Waals surface area contributed by atoms with Gasteiger partial charge in [0.2, 0.25) is 0 Å². The minimum Gasteiger partial charge on any atom is -0.497 e. The molecule has 1 aliphatic heterocycles. The molecule has 2 heterocycles. The average molecular weight is 418 g/mol. The summed E-state index contributed by atoms with van der Waals surface area (Å²) in [5.74, 6) is 2.08. The number of rotatable bonds is 7. The summed E-state index contributed by atoms with van der Waals surface area (Å²) in [7, 11) is 1.68. The molecule has 0 amide bonds. The molecule has 160 valence electrons. The normalized spacial score (nSPS) is 16.6. The van der Waals surface area contributed by atoms with Crippen molar-refractivity contribution in [1.29, 1.82) is 5.41 Å². The number of hydrogen-bond donors (Lipinski definition) is 3. The van der Waals surface area contributed by atoms with Crippen LogP contribution in [0.2, 0.25) is 0 Å². The zero-order chi connectivity index (χ0) is 21.6. The van der Waals surface area contributed by atoms with Gasteiger partial charge >= 0.3 is 0 Å². The second-order valence-corrected chi connectivity index (χ2v) is 7.77. The Bertz CT molecular complexity index is 1100. The van der Waals surface area contributed by atoms with Crippen LogP contribution < -0.4 is 15.6 Å². The lowest BCUT2D eigenvalue weighted by Gasteiger charge is -2.32. The number of nitrogens with one attached hydrogen (secondary N) is 3.